The van der Waals surface area contributed by atoms with E-state index in [1.54, 1.807) is 0 Å². The fourth-order valence-corrected chi connectivity index (χ4v) is 3.41. The average Bonchev–Trinajstić information content (AvgIpc) is 3.34. The van der Waals surface area contributed by atoms with Crippen molar-refractivity contribution in [2.45, 2.75) is 25.8 Å². The minimum atomic E-state index is 0.563. The molecule has 27 heavy (non-hydrogen) atoms. The van der Waals surface area contributed by atoms with Crippen molar-refractivity contribution in [2.75, 3.05) is 0 Å². The fraction of sp³-hybridized carbons (Fsp3) is 0.238. The zero-order valence-corrected chi connectivity index (χ0v) is 15.4. The van der Waals surface area contributed by atoms with E-state index in [0.717, 1.165) is 34.2 Å². The van der Waals surface area contributed by atoms with E-state index in [0.29, 0.717) is 6.04 Å². The Bertz CT molecular complexity index is 1100. The van der Waals surface area contributed by atoms with Crippen LogP contribution in [0.25, 0.3) is 28.3 Å². The van der Waals surface area contributed by atoms with E-state index >= 15 is 0 Å². The summed E-state index contributed by atoms with van der Waals surface area (Å²) in [4.78, 5) is 4.38. The van der Waals surface area contributed by atoms with Gasteiger partial charge in [0, 0.05) is 48.5 Å². The molecule has 6 nitrogen and oxygen atoms in total. The molecule has 0 N–H and O–H groups in total. The van der Waals surface area contributed by atoms with E-state index in [2.05, 4.69) is 77.7 Å². The first-order valence-corrected chi connectivity index (χ1v) is 9.21. The van der Waals surface area contributed by atoms with E-state index in [-0.39, 0.29) is 0 Å². The van der Waals surface area contributed by atoms with Gasteiger partial charge in [0.25, 0.3) is 0 Å². The summed E-state index contributed by atoms with van der Waals surface area (Å²) < 4.78 is 6.41. The van der Waals surface area contributed by atoms with Gasteiger partial charge in [0.2, 0.25) is 5.69 Å². The Labute approximate surface area is 157 Å². The topological polar surface area (TPSA) is 52.4 Å². The van der Waals surface area contributed by atoms with Crippen molar-refractivity contribution in [3.05, 3.63) is 67.1 Å². The minimum Gasteiger partial charge on any atom is -0.331 e. The zero-order valence-electron chi connectivity index (χ0n) is 15.4. The molecule has 0 radical (unpaired) electrons. The van der Waals surface area contributed by atoms with Gasteiger partial charge in [0.1, 0.15) is 12.2 Å². The molecule has 1 aliphatic carbocycles. The second-order valence-corrected chi connectivity index (χ2v) is 7.09. The standard InChI is InChI=1S/C21H21N6/c1-15-22-13-20(25(15)2)16-8-10-26(11-9-16)19-5-3-4-17(12-19)21-24-23-14-27(21)18-6-7-18/h3-5,8-14,18H,6-7H2,1-2H3/q+1. The third-order valence-corrected chi connectivity index (χ3v) is 5.26. The molecule has 4 aromatic rings. The number of pyridine rings is 1. The van der Waals surface area contributed by atoms with Gasteiger partial charge in [-0.15, -0.1) is 10.2 Å². The summed E-state index contributed by atoms with van der Waals surface area (Å²) in [7, 11) is 2.04. The minimum absolute atomic E-state index is 0.563. The molecular formula is C21H21N6+. The lowest BCUT2D eigenvalue weighted by Crippen LogP contribution is -2.29. The third-order valence-electron chi connectivity index (χ3n) is 5.26. The number of rotatable bonds is 4. The molecule has 0 unspecified atom stereocenters. The number of nitrogens with zero attached hydrogens (tertiary/aromatic N) is 6. The van der Waals surface area contributed by atoms with E-state index < -0.39 is 0 Å². The van der Waals surface area contributed by atoms with Crippen LogP contribution in [0.1, 0.15) is 24.7 Å². The van der Waals surface area contributed by atoms with Gasteiger partial charge in [-0.3, -0.25) is 0 Å². The monoisotopic (exact) mass is 357 g/mol. The van der Waals surface area contributed by atoms with Gasteiger partial charge in [-0.2, -0.15) is 4.57 Å². The quantitative estimate of drug-likeness (QED) is 0.527. The van der Waals surface area contributed by atoms with Crippen LogP contribution in [0, 0.1) is 6.92 Å². The van der Waals surface area contributed by atoms with Crippen LogP contribution in [0.5, 0.6) is 0 Å². The second-order valence-electron chi connectivity index (χ2n) is 7.09. The zero-order chi connectivity index (χ0) is 18.4. The van der Waals surface area contributed by atoms with Gasteiger partial charge in [0.05, 0.1) is 11.9 Å². The highest BCUT2D eigenvalue weighted by atomic mass is 15.3. The molecule has 0 saturated heterocycles. The summed E-state index contributed by atoms with van der Waals surface area (Å²) in [5.41, 5.74) is 4.46. The van der Waals surface area contributed by atoms with Crippen molar-refractivity contribution in [1.82, 2.24) is 24.3 Å². The summed E-state index contributed by atoms with van der Waals surface area (Å²) in [5.74, 6) is 1.95. The summed E-state index contributed by atoms with van der Waals surface area (Å²) in [6.07, 6.45) is 10.4. The van der Waals surface area contributed by atoms with Crippen LogP contribution >= 0.6 is 0 Å². The highest BCUT2D eigenvalue weighted by molar-refractivity contribution is 5.59. The molecule has 3 heterocycles. The Hall–Kier alpha value is -3.28. The normalized spacial score (nSPS) is 13.9. The van der Waals surface area contributed by atoms with Gasteiger partial charge < -0.3 is 9.13 Å². The molecule has 3 aromatic heterocycles. The number of aromatic nitrogens is 6. The maximum Gasteiger partial charge on any atom is 0.211 e. The van der Waals surface area contributed by atoms with Crippen molar-refractivity contribution in [1.29, 1.82) is 0 Å². The first-order valence-electron chi connectivity index (χ1n) is 9.21. The molecule has 0 bridgehead atoms. The number of benzene rings is 1. The summed E-state index contributed by atoms with van der Waals surface area (Å²) in [6, 6.07) is 13.2. The lowest BCUT2D eigenvalue weighted by atomic mass is 10.1. The molecular weight excluding hydrogens is 336 g/mol. The van der Waals surface area contributed by atoms with Gasteiger partial charge in [-0.25, -0.2) is 4.98 Å². The van der Waals surface area contributed by atoms with Crippen molar-refractivity contribution < 1.29 is 4.57 Å². The van der Waals surface area contributed by atoms with Crippen LogP contribution in [0.4, 0.5) is 0 Å². The SMILES string of the molecule is Cc1ncc(-c2cc[n+](-c3cccc(-c4nncn4C4CC4)c3)cc2)n1C. The van der Waals surface area contributed by atoms with Gasteiger partial charge >= 0.3 is 0 Å². The van der Waals surface area contributed by atoms with Gasteiger partial charge in [-0.1, -0.05) is 12.1 Å². The Balaban J connectivity index is 1.48. The van der Waals surface area contributed by atoms with E-state index in [4.69, 9.17) is 0 Å². The Kier molecular flexibility index (Phi) is 3.63. The first-order chi connectivity index (χ1) is 13.2. The van der Waals surface area contributed by atoms with Crippen LogP contribution in [0.2, 0.25) is 0 Å². The van der Waals surface area contributed by atoms with Gasteiger partial charge in [-0.05, 0) is 19.8 Å². The largest absolute Gasteiger partial charge is 0.331 e. The molecule has 6 heteroatoms. The molecule has 134 valence electrons. The molecule has 5 rings (SSSR count). The van der Waals surface area contributed by atoms with E-state index in [9.17, 15) is 0 Å². The maximum absolute atomic E-state index is 4.38. The summed E-state index contributed by atoms with van der Waals surface area (Å²) in [6.45, 7) is 2.01. The van der Waals surface area contributed by atoms with Crippen LogP contribution in [0.3, 0.4) is 0 Å². The van der Waals surface area contributed by atoms with Gasteiger partial charge in [0.15, 0.2) is 18.2 Å². The fourth-order valence-electron chi connectivity index (χ4n) is 3.41. The molecule has 0 spiro atoms. The molecule has 1 saturated carbocycles. The number of imidazole rings is 1. The maximum atomic E-state index is 4.38. The molecule has 0 amide bonds. The molecule has 1 fully saturated rings. The molecule has 0 aliphatic heterocycles. The van der Waals surface area contributed by atoms with Crippen LogP contribution < -0.4 is 4.57 Å². The van der Waals surface area contributed by atoms with Crippen molar-refractivity contribution in [2.24, 2.45) is 7.05 Å². The Morgan fingerprint density at radius 3 is 2.59 bits per heavy atom. The smallest absolute Gasteiger partial charge is 0.211 e. The average molecular weight is 357 g/mol. The van der Waals surface area contributed by atoms with Crippen molar-refractivity contribution in [3.8, 4) is 28.3 Å². The number of hydrogen-bond donors (Lipinski definition) is 0. The van der Waals surface area contributed by atoms with E-state index in [1.807, 2.05) is 26.5 Å². The van der Waals surface area contributed by atoms with Crippen LogP contribution in [-0.4, -0.2) is 24.3 Å². The van der Waals surface area contributed by atoms with Crippen LogP contribution in [0.15, 0.2) is 61.3 Å². The van der Waals surface area contributed by atoms with Crippen molar-refractivity contribution in [3.63, 3.8) is 0 Å². The van der Waals surface area contributed by atoms with Crippen LogP contribution in [-0.2, 0) is 7.05 Å². The third kappa shape index (κ3) is 2.83. The Morgan fingerprint density at radius 1 is 1.07 bits per heavy atom. The predicted molar refractivity (Wildman–Crippen MR) is 102 cm³/mol. The summed E-state index contributed by atoms with van der Waals surface area (Å²) in [5, 5.41) is 8.46. The first kappa shape index (κ1) is 15.9. The Morgan fingerprint density at radius 2 is 1.89 bits per heavy atom. The lowest BCUT2D eigenvalue weighted by Gasteiger charge is -2.05. The lowest BCUT2D eigenvalue weighted by molar-refractivity contribution is -0.595. The number of aryl methyl sites for hydroxylation is 1. The van der Waals surface area contributed by atoms with Crippen molar-refractivity contribution >= 4 is 0 Å². The molecule has 1 aromatic carbocycles. The van der Waals surface area contributed by atoms with E-state index in [1.165, 1.54) is 12.8 Å². The molecule has 0 atom stereocenters. The predicted octanol–water partition coefficient (Wildman–Crippen LogP) is 3.27. The highest BCUT2D eigenvalue weighted by Crippen LogP contribution is 2.37. The second kappa shape index (κ2) is 6.16. The summed E-state index contributed by atoms with van der Waals surface area (Å²) >= 11 is 0. The highest BCUT2D eigenvalue weighted by Gasteiger charge is 2.26. The number of hydrogen-bond acceptors (Lipinski definition) is 3. The molecule has 1 aliphatic rings.